The fraction of sp³-hybridized carbons (Fsp3) is 0.333. The summed E-state index contributed by atoms with van der Waals surface area (Å²) in [6.07, 6.45) is 2.73. The van der Waals surface area contributed by atoms with Crippen LogP contribution in [0.5, 0.6) is 0 Å². The molecule has 0 bridgehead atoms. The van der Waals surface area contributed by atoms with Gasteiger partial charge in [-0.3, -0.25) is 4.79 Å². The lowest BCUT2D eigenvalue weighted by atomic mass is 10.1. The van der Waals surface area contributed by atoms with Crippen LogP contribution < -0.4 is 0 Å². The van der Waals surface area contributed by atoms with Crippen molar-refractivity contribution in [2.24, 2.45) is 5.16 Å². The molecule has 1 rings (SSSR count). The lowest BCUT2D eigenvalue weighted by molar-refractivity contribution is 0.1000. The van der Waals surface area contributed by atoms with Crippen LogP contribution in [0, 0.1) is 0 Å². The molecule has 1 aromatic rings. The molecule has 3 heteroatoms. The molecule has 0 amide bonds. The summed E-state index contributed by atoms with van der Waals surface area (Å²) >= 11 is 0. The van der Waals surface area contributed by atoms with Crippen molar-refractivity contribution >= 4 is 12.0 Å². The summed E-state index contributed by atoms with van der Waals surface area (Å²) in [6, 6.07) is 7.64. The fourth-order valence-electron chi connectivity index (χ4n) is 1.24. The van der Waals surface area contributed by atoms with Crippen molar-refractivity contribution in [2.45, 2.75) is 19.8 Å². The second kappa shape index (κ2) is 5.96. The van der Waals surface area contributed by atoms with Gasteiger partial charge >= 0.3 is 0 Å². The van der Waals surface area contributed by atoms with Crippen LogP contribution in [-0.4, -0.2) is 19.1 Å². The number of Topliss-reactive ketones (excluding diaryl/α,β-unsaturated/α-hetero) is 1. The van der Waals surface area contributed by atoms with Crippen molar-refractivity contribution in [1.82, 2.24) is 0 Å². The Hall–Kier alpha value is -1.64. The molecule has 0 spiro atoms. The van der Waals surface area contributed by atoms with Gasteiger partial charge < -0.3 is 4.84 Å². The molecule has 0 aromatic heterocycles. The molecule has 0 aliphatic heterocycles. The zero-order valence-electron chi connectivity index (χ0n) is 9.06. The van der Waals surface area contributed by atoms with Gasteiger partial charge in [0.05, 0.1) is 6.21 Å². The van der Waals surface area contributed by atoms with E-state index in [9.17, 15) is 4.79 Å². The Labute approximate surface area is 89.7 Å². The van der Waals surface area contributed by atoms with Crippen LogP contribution in [0.1, 0.15) is 29.3 Å². The number of rotatable bonds is 5. The first kappa shape index (κ1) is 11.4. The van der Waals surface area contributed by atoms with Gasteiger partial charge in [-0.25, -0.2) is 0 Å². The van der Waals surface area contributed by atoms with Crippen molar-refractivity contribution in [2.75, 3.05) is 7.11 Å². The van der Waals surface area contributed by atoms with E-state index in [1.54, 1.807) is 0 Å². The molecule has 0 N–H and O–H groups in total. The molecule has 3 nitrogen and oxygen atoms in total. The van der Waals surface area contributed by atoms with E-state index in [-0.39, 0.29) is 12.2 Å². The van der Waals surface area contributed by atoms with E-state index in [2.05, 4.69) is 16.9 Å². The zero-order chi connectivity index (χ0) is 11.1. The van der Waals surface area contributed by atoms with Crippen LogP contribution >= 0.6 is 0 Å². The van der Waals surface area contributed by atoms with E-state index in [0.29, 0.717) is 0 Å². The maximum atomic E-state index is 11.6. The highest BCUT2D eigenvalue weighted by Crippen LogP contribution is 2.06. The first-order valence-corrected chi connectivity index (χ1v) is 4.95. The van der Waals surface area contributed by atoms with Gasteiger partial charge in [0, 0.05) is 12.0 Å². The number of carbonyl (C=O) groups is 1. The average Bonchev–Trinajstić information content (AvgIpc) is 2.29. The van der Waals surface area contributed by atoms with Crippen LogP contribution in [0.2, 0.25) is 0 Å². The first-order valence-electron chi connectivity index (χ1n) is 4.95. The Bertz CT molecular complexity index is 341. The van der Waals surface area contributed by atoms with Gasteiger partial charge in [-0.05, 0) is 12.0 Å². The molecule has 0 radical (unpaired) electrons. The molecule has 0 heterocycles. The minimum Gasteiger partial charge on any atom is -0.399 e. The summed E-state index contributed by atoms with van der Waals surface area (Å²) in [5, 5.41) is 3.53. The number of oxime groups is 1. The number of aryl methyl sites for hydroxylation is 1. The zero-order valence-corrected chi connectivity index (χ0v) is 9.06. The summed E-state index contributed by atoms with van der Waals surface area (Å²) in [5.41, 5.74) is 1.95. The highest BCUT2D eigenvalue weighted by molar-refractivity contribution is 6.03. The maximum Gasteiger partial charge on any atom is 0.168 e. The maximum absolute atomic E-state index is 11.6. The molecule has 15 heavy (non-hydrogen) atoms. The number of hydrogen-bond donors (Lipinski definition) is 0. The third-order valence-corrected chi connectivity index (χ3v) is 2.14. The third-order valence-electron chi connectivity index (χ3n) is 2.14. The highest BCUT2D eigenvalue weighted by atomic mass is 16.6. The lowest BCUT2D eigenvalue weighted by Crippen LogP contribution is -1.99. The Morgan fingerprint density at radius 1 is 1.40 bits per heavy atom. The standard InChI is InChI=1S/C12H15NO2/c1-3-10-4-6-11(7-5-10)12(14)8-9-13-15-2/h4-7,9H,3,8H2,1-2H3. The number of nitrogens with zero attached hydrogens (tertiary/aromatic N) is 1. The molecule has 1 aromatic carbocycles. The van der Waals surface area contributed by atoms with Crippen LogP contribution in [-0.2, 0) is 11.3 Å². The highest BCUT2D eigenvalue weighted by Gasteiger charge is 2.03. The minimum absolute atomic E-state index is 0.0541. The smallest absolute Gasteiger partial charge is 0.168 e. The van der Waals surface area contributed by atoms with E-state index in [1.165, 1.54) is 18.9 Å². The van der Waals surface area contributed by atoms with Gasteiger partial charge in [-0.15, -0.1) is 0 Å². The van der Waals surface area contributed by atoms with E-state index in [4.69, 9.17) is 0 Å². The molecule has 0 saturated carbocycles. The largest absolute Gasteiger partial charge is 0.399 e. The Morgan fingerprint density at radius 3 is 2.60 bits per heavy atom. The second-order valence-corrected chi connectivity index (χ2v) is 3.15. The van der Waals surface area contributed by atoms with Gasteiger partial charge in [0.1, 0.15) is 7.11 Å². The summed E-state index contributed by atoms with van der Waals surface area (Å²) in [4.78, 5) is 16.1. The quantitative estimate of drug-likeness (QED) is 0.420. The predicted octanol–water partition coefficient (Wildman–Crippen LogP) is 2.45. The Morgan fingerprint density at radius 2 is 2.07 bits per heavy atom. The first-order chi connectivity index (χ1) is 7.27. The van der Waals surface area contributed by atoms with Crippen molar-refractivity contribution in [3.8, 4) is 0 Å². The predicted molar refractivity (Wildman–Crippen MR) is 60.3 cm³/mol. The monoisotopic (exact) mass is 205 g/mol. The van der Waals surface area contributed by atoms with Gasteiger partial charge in [-0.2, -0.15) is 0 Å². The average molecular weight is 205 g/mol. The summed E-state index contributed by atoms with van der Waals surface area (Å²) in [6.45, 7) is 2.09. The van der Waals surface area contributed by atoms with Crippen molar-refractivity contribution in [3.63, 3.8) is 0 Å². The van der Waals surface area contributed by atoms with E-state index in [0.717, 1.165) is 12.0 Å². The lowest BCUT2D eigenvalue weighted by Gasteiger charge is -1.99. The van der Waals surface area contributed by atoms with Crippen LogP contribution in [0.4, 0.5) is 0 Å². The van der Waals surface area contributed by atoms with Crippen LogP contribution in [0.3, 0.4) is 0 Å². The molecule has 0 atom stereocenters. The van der Waals surface area contributed by atoms with Crippen molar-refractivity contribution in [1.29, 1.82) is 0 Å². The Balaban J connectivity index is 2.62. The molecule has 80 valence electrons. The summed E-state index contributed by atoms with van der Waals surface area (Å²) in [5.74, 6) is 0.0541. The van der Waals surface area contributed by atoms with Crippen LogP contribution in [0.25, 0.3) is 0 Å². The number of hydrogen-bond acceptors (Lipinski definition) is 3. The second-order valence-electron chi connectivity index (χ2n) is 3.15. The fourth-order valence-corrected chi connectivity index (χ4v) is 1.24. The molecule has 0 saturated heterocycles. The van der Waals surface area contributed by atoms with Gasteiger partial charge in [0.25, 0.3) is 0 Å². The van der Waals surface area contributed by atoms with Gasteiger partial charge in [0.15, 0.2) is 5.78 Å². The SMILES string of the molecule is CCc1ccc(C(=O)CC=NOC)cc1. The minimum atomic E-state index is 0.0541. The molecular weight excluding hydrogens is 190 g/mol. The number of carbonyl (C=O) groups excluding carboxylic acids is 1. The summed E-state index contributed by atoms with van der Waals surface area (Å²) < 4.78 is 0. The molecule has 0 aliphatic carbocycles. The molecule has 0 fully saturated rings. The van der Waals surface area contributed by atoms with Crippen LogP contribution in [0.15, 0.2) is 29.4 Å². The number of benzene rings is 1. The normalized spacial score (nSPS) is 10.5. The third kappa shape index (κ3) is 3.54. The number of ketones is 1. The Kier molecular flexibility index (Phi) is 4.54. The topological polar surface area (TPSA) is 38.7 Å². The molecule has 0 unspecified atom stereocenters. The van der Waals surface area contributed by atoms with E-state index in [1.807, 2.05) is 24.3 Å². The van der Waals surface area contributed by atoms with Crippen molar-refractivity contribution < 1.29 is 9.63 Å². The molecule has 0 aliphatic rings. The van der Waals surface area contributed by atoms with E-state index >= 15 is 0 Å². The van der Waals surface area contributed by atoms with Crippen molar-refractivity contribution in [3.05, 3.63) is 35.4 Å². The summed E-state index contributed by atoms with van der Waals surface area (Å²) in [7, 11) is 1.46. The van der Waals surface area contributed by atoms with E-state index < -0.39 is 0 Å². The van der Waals surface area contributed by atoms with Gasteiger partial charge in [-0.1, -0.05) is 36.3 Å². The molecular formula is C12H15NO2. The van der Waals surface area contributed by atoms with Gasteiger partial charge in [0.2, 0.25) is 0 Å².